The molecule has 0 spiro atoms. The maximum Gasteiger partial charge on any atom is 0.0456 e. The van der Waals surface area contributed by atoms with Gasteiger partial charge in [0, 0.05) is 6.61 Å². The Bertz CT molecular complexity index is 25.3. The molecule has 3 N–H and O–H groups in total. The lowest BCUT2D eigenvalue weighted by molar-refractivity contribution is 0.234. The molecule has 0 aromatic carbocycles. The lowest BCUT2D eigenvalue weighted by Gasteiger charge is -1.98. The van der Waals surface area contributed by atoms with Gasteiger partial charge in [0.05, 0.1) is 0 Å². The Morgan fingerprint density at radius 1 is 1.57 bits per heavy atom. The summed E-state index contributed by atoms with van der Waals surface area (Å²) >= 11 is 0. The van der Waals surface area contributed by atoms with Gasteiger partial charge in [-0.05, 0) is 5.92 Å². The molecule has 2 nitrogen and oxygen atoms in total. The zero-order valence-electron chi connectivity index (χ0n) is 4.94. The molecule has 0 saturated heterocycles. The van der Waals surface area contributed by atoms with Crippen molar-refractivity contribution < 1.29 is 10.6 Å². The molecule has 0 rings (SSSR count). The van der Waals surface area contributed by atoms with E-state index in [0.717, 1.165) is 6.42 Å². The van der Waals surface area contributed by atoms with Crippen molar-refractivity contribution in [2.45, 2.75) is 20.3 Å². The van der Waals surface area contributed by atoms with Crippen LogP contribution >= 0.6 is 0 Å². The quantitative estimate of drug-likeness (QED) is 0.537. The van der Waals surface area contributed by atoms with Gasteiger partial charge in [-0.3, -0.25) is 0 Å². The first-order valence-corrected chi connectivity index (χ1v) is 2.42. The number of rotatable bonds is 2. The Morgan fingerprint density at radius 2 is 2.00 bits per heavy atom. The summed E-state index contributed by atoms with van der Waals surface area (Å²) in [5.74, 6) is 0.491. The average Bonchev–Trinajstić information content (AvgIpc) is 1.65. The van der Waals surface area contributed by atoms with Crippen molar-refractivity contribution in [2.24, 2.45) is 5.92 Å². The topological polar surface area (TPSA) is 51.7 Å². The van der Waals surface area contributed by atoms with Gasteiger partial charge in [-0.25, -0.2) is 0 Å². The molecule has 0 fully saturated rings. The van der Waals surface area contributed by atoms with Crippen molar-refractivity contribution in [2.75, 3.05) is 6.61 Å². The molecule has 0 aromatic heterocycles. The van der Waals surface area contributed by atoms with Crippen LogP contribution in [0.15, 0.2) is 0 Å². The molecule has 0 heterocycles. The van der Waals surface area contributed by atoms with Crippen LogP contribution in [0.4, 0.5) is 0 Å². The van der Waals surface area contributed by atoms with E-state index in [1.54, 1.807) is 0 Å². The summed E-state index contributed by atoms with van der Waals surface area (Å²) in [5, 5.41) is 8.33. The molecular weight excluding hydrogens is 92.1 g/mol. The van der Waals surface area contributed by atoms with Crippen LogP contribution in [-0.4, -0.2) is 17.2 Å². The van der Waals surface area contributed by atoms with Crippen molar-refractivity contribution in [3.8, 4) is 0 Å². The summed E-state index contributed by atoms with van der Waals surface area (Å²) in [6.45, 7) is 4.43. The van der Waals surface area contributed by atoms with Gasteiger partial charge in [0.1, 0.15) is 0 Å². The summed E-state index contributed by atoms with van der Waals surface area (Å²) < 4.78 is 0. The van der Waals surface area contributed by atoms with Gasteiger partial charge < -0.3 is 10.6 Å². The highest BCUT2D eigenvalue weighted by molar-refractivity contribution is 4.41. The molecule has 0 aliphatic rings. The van der Waals surface area contributed by atoms with E-state index < -0.39 is 0 Å². The van der Waals surface area contributed by atoms with Crippen LogP contribution in [-0.2, 0) is 0 Å². The Kier molecular flexibility index (Phi) is 8.47. The van der Waals surface area contributed by atoms with Gasteiger partial charge in [-0.2, -0.15) is 0 Å². The minimum Gasteiger partial charge on any atom is -0.412 e. The second-order valence-corrected chi connectivity index (χ2v) is 1.70. The fourth-order valence-corrected chi connectivity index (χ4v) is 0.129. The van der Waals surface area contributed by atoms with Gasteiger partial charge in [0.2, 0.25) is 0 Å². The maximum absolute atomic E-state index is 8.33. The van der Waals surface area contributed by atoms with Crippen molar-refractivity contribution in [3.63, 3.8) is 0 Å². The molecule has 0 bridgehead atoms. The number of hydrogen-bond acceptors (Lipinski definition) is 1. The summed E-state index contributed by atoms with van der Waals surface area (Å²) in [7, 11) is 0. The molecule has 1 atom stereocenters. The van der Waals surface area contributed by atoms with Crippen LogP contribution in [0.2, 0.25) is 0 Å². The van der Waals surface area contributed by atoms with E-state index in [1.165, 1.54) is 0 Å². The SMILES string of the molecule is CCC(C)CO.O. The van der Waals surface area contributed by atoms with Crippen molar-refractivity contribution in [1.82, 2.24) is 0 Å². The fraction of sp³-hybridized carbons (Fsp3) is 1.00. The third kappa shape index (κ3) is 5.92. The monoisotopic (exact) mass is 106 g/mol. The molecule has 0 saturated carbocycles. The van der Waals surface area contributed by atoms with E-state index in [4.69, 9.17) is 5.11 Å². The Morgan fingerprint density at radius 3 is 2.00 bits per heavy atom. The molecule has 0 aromatic rings. The minimum absolute atomic E-state index is 0. The third-order valence-electron chi connectivity index (χ3n) is 1.01. The van der Waals surface area contributed by atoms with E-state index in [2.05, 4.69) is 6.92 Å². The highest BCUT2D eigenvalue weighted by atomic mass is 16.3. The smallest absolute Gasteiger partial charge is 0.0456 e. The van der Waals surface area contributed by atoms with E-state index in [0.29, 0.717) is 12.5 Å². The Hall–Kier alpha value is -0.0800. The van der Waals surface area contributed by atoms with Crippen LogP contribution < -0.4 is 0 Å². The van der Waals surface area contributed by atoms with Crippen LogP contribution in [0.25, 0.3) is 0 Å². The second-order valence-electron chi connectivity index (χ2n) is 1.70. The summed E-state index contributed by atoms with van der Waals surface area (Å²) in [6.07, 6.45) is 1.08. The van der Waals surface area contributed by atoms with E-state index in [9.17, 15) is 0 Å². The predicted octanol–water partition coefficient (Wildman–Crippen LogP) is 0.200. The van der Waals surface area contributed by atoms with E-state index >= 15 is 0 Å². The average molecular weight is 106 g/mol. The number of aliphatic hydroxyl groups is 1. The molecule has 1 unspecified atom stereocenters. The molecule has 0 aliphatic heterocycles. The van der Waals surface area contributed by atoms with Crippen LogP contribution in [0.5, 0.6) is 0 Å². The molecule has 46 valence electrons. The third-order valence-corrected chi connectivity index (χ3v) is 1.01. The van der Waals surface area contributed by atoms with Crippen LogP contribution in [0.1, 0.15) is 20.3 Å². The van der Waals surface area contributed by atoms with Crippen molar-refractivity contribution in [3.05, 3.63) is 0 Å². The van der Waals surface area contributed by atoms with E-state index in [1.807, 2.05) is 6.92 Å². The van der Waals surface area contributed by atoms with Crippen LogP contribution in [0.3, 0.4) is 0 Å². The molecule has 0 aliphatic carbocycles. The Labute approximate surface area is 44.5 Å². The lowest BCUT2D eigenvalue weighted by atomic mass is 10.1. The molecular formula is C5H14O2. The molecule has 0 amide bonds. The maximum atomic E-state index is 8.33. The molecule has 0 radical (unpaired) electrons. The predicted molar refractivity (Wildman–Crippen MR) is 30.2 cm³/mol. The zero-order valence-corrected chi connectivity index (χ0v) is 4.94. The van der Waals surface area contributed by atoms with Gasteiger partial charge in [-0.1, -0.05) is 20.3 Å². The Balaban J connectivity index is 0. The summed E-state index contributed by atoms with van der Waals surface area (Å²) in [5.41, 5.74) is 0. The fourth-order valence-electron chi connectivity index (χ4n) is 0.129. The number of aliphatic hydroxyl groups excluding tert-OH is 1. The highest BCUT2D eigenvalue weighted by Crippen LogP contribution is 1.95. The molecule has 2 heteroatoms. The summed E-state index contributed by atoms with van der Waals surface area (Å²) in [6, 6.07) is 0. The normalized spacial score (nSPS) is 12.4. The van der Waals surface area contributed by atoms with Gasteiger partial charge in [0.15, 0.2) is 0 Å². The van der Waals surface area contributed by atoms with Crippen molar-refractivity contribution >= 4 is 0 Å². The number of hydrogen-bond donors (Lipinski definition) is 1. The standard InChI is InChI=1S/C5H12O.H2O/c1-3-5(2)4-6;/h5-6H,3-4H2,1-2H3;1H2. The first kappa shape index (κ1) is 10.0. The molecule has 7 heavy (non-hydrogen) atoms. The minimum atomic E-state index is 0. The van der Waals surface area contributed by atoms with Gasteiger partial charge in [0.25, 0.3) is 0 Å². The first-order chi connectivity index (χ1) is 2.81. The van der Waals surface area contributed by atoms with Gasteiger partial charge >= 0.3 is 0 Å². The van der Waals surface area contributed by atoms with Crippen molar-refractivity contribution in [1.29, 1.82) is 0 Å². The summed E-state index contributed by atoms with van der Waals surface area (Å²) in [4.78, 5) is 0. The zero-order chi connectivity index (χ0) is 4.99. The second kappa shape index (κ2) is 5.92. The first-order valence-electron chi connectivity index (χ1n) is 2.42. The largest absolute Gasteiger partial charge is 0.412 e. The van der Waals surface area contributed by atoms with E-state index in [-0.39, 0.29) is 5.48 Å². The van der Waals surface area contributed by atoms with Crippen LogP contribution in [0, 0.1) is 5.92 Å². The highest BCUT2D eigenvalue weighted by Gasteiger charge is 1.90. The lowest BCUT2D eigenvalue weighted by Crippen LogP contribution is -1.96. The van der Waals surface area contributed by atoms with Gasteiger partial charge in [-0.15, -0.1) is 0 Å².